The van der Waals surface area contributed by atoms with Gasteiger partial charge in [-0.05, 0) is 95.0 Å². The normalized spacial score (nSPS) is 42.4. The van der Waals surface area contributed by atoms with Crippen LogP contribution in [0.3, 0.4) is 0 Å². The molecule has 3 heterocycles. The second-order valence-electron chi connectivity index (χ2n) is 21.1. The molecule has 0 radical (unpaired) electrons. The van der Waals surface area contributed by atoms with Gasteiger partial charge in [-0.1, -0.05) is 46.7 Å². The third kappa shape index (κ3) is 14.8. The Morgan fingerprint density at radius 2 is 1.50 bits per heavy atom. The summed E-state index contributed by atoms with van der Waals surface area (Å²) in [4.78, 5) is 26.4. The molecule has 0 spiro atoms. The van der Waals surface area contributed by atoms with Gasteiger partial charge in [-0.15, -0.1) is 0 Å². The van der Waals surface area contributed by atoms with Crippen LogP contribution in [-0.4, -0.2) is 224 Å². The Hall–Kier alpha value is -1.63. The fourth-order valence-electron chi connectivity index (χ4n) is 10.6. The van der Waals surface area contributed by atoms with Gasteiger partial charge in [0.1, 0.15) is 35.6 Å². The van der Waals surface area contributed by atoms with Crippen LogP contribution in [0.15, 0.2) is 5.16 Å². The van der Waals surface area contributed by atoms with Crippen LogP contribution in [0.5, 0.6) is 0 Å². The molecule has 0 aromatic carbocycles. The van der Waals surface area contributed by atoms with Crippen LogP contribution < -0.4 is 0 Å². The molecule has 0 aromatic rings. The highest BCUT2D eigenvalue weighted by molar-refractivity contribution is 7.90. The van der Waals surface area contributed by atoms with E-state index in [2.05, 4.69) is 28.8 Å². The first kappa shape index (κ1) is 60.7. The first-order valence-electron chi connectivity index (χ1n) is 24.7. The second-order valence-corrected chi connectivity index (χ2v) is 23.4. The van der Waals surface area contributed by atoms with Crippen molar-refractivity contribution >= 4 is 21.5 Å². The molecule has 19 nitrogen and oxygen atoms in total. The van der Waals surface area contributed by atoms with Crippen LogP contribution in [0.1, 0.15) is 109 Å². The van der Waals surface area contributed by atoms with Crippen molar-refractivity contribution in [3.05, 3.63) is 0 Å². The number of aliphatic hydroxyl groups is 5. The van der Waals surface area contributed by atoms with Gasteiger partial charge in [0.25, 0.3) is 0 Å². The molecule has 3 aliphatic heterocycles. The van der Waals surface area contributed by atoms with E-state index in [1.54, 1.807) is 48.5 Å². The summed E-state index contributed by atoms with van der Waals surface area (Å²) in [6, 6.07) is -0.370. The maximum Gasteiger partial charge on any atom is 0.311 e. The molecule has 0 amide bonds. The molecule has 5 N–H and O–H groups in total. The molecule has 3 aliphatic rings. The van der Waals surface area contributed by atoms with Crippen molar-refractivity contribution in [2.75, 3.05) is 79.6 Å². The van der Waals surface area contributed by atoms with Gasteiger partial charge in [-0.3, -0.25) is 4.79 Å². The summed E-state index contributed by atoms with van der Waals surface area (Å²) >= 11 is 0. The van der Waals surface area contributed by atoms with Crippen molar-refractivity contribution in [1.82, 2.24) is 14.7 Å². The molecule has 0 saturated carbocycles. The molecule has 0 bridgehead atoms. The molecule has 0 aromatic heterocycles. The van der Waals surface area contributed by atoms with Gasteiger partial charge in [-0.25, -0.2) is 8.42 Å². The molecule has 3 rings (SSSR count). The van der Waals surface area contributed by atoms with Gasteiger partial charge < -0.3 is 73.5 Å². The lowest BCUT2D eigenvalue weighted by Crippen LogP contribution is -2.70. The molecule has 68 heavy (non-hydrogen) atoms. The summed E-state index contributed by atoms with van der Waals surface area (Å²) in [5.74, 6) is -4.84. The summed E-state index contributed by atoms with van der Waals surface area (Å²) in [5, 5.41) is 65.6. The van der Waals surface area contributed by atoms with E-state index in [9.17, 15) is 38.7 Å². The number of esters is 1. The Kier molecular flexibility index (Phi) is 22.2. The number of methoxy groups -OCH3 is 1. The summed E-state index contributed by atoms with van der Waals surface area (Å²) < 4.78 is 62.8. The number of cyclic esters (lactones) is 1. The van der Waals surface area contributed by atoms with Crippen LogP contribution in [0.2, 0.25) is 0 Å². The summed E-state index contributed by atoms with van der Waals surface area (Å²) in [6.45, 7) is 24.3. The van der Waals surface area contributed by atoms with Gasteiger partial charge in [0, 0.05) is 63.2 Å². The molecule has 18 atom stereocenters. The quantitative estimate of drug-likeness (QED) is 0.0752. The molecule has 0 aliphatic carbocycles. The number of likely N-dealkylation sites (N-methyl/N-ethyl adjacent to an activating group) is 3. The maximum absolute atomic E-state index is 14.6. The predicted octanol–water partition coefficient (Wildman–Crippen LogP) is 2.28. The molecule has 0 unspecified atom stereocenters. The molecule has 20 heteroatoms. The van der Waals surface area contributed by atoms with E-state index in [0.29, 0.717) is 13.0 Å². The Balaban J connectivity index is 2.23. The monoisotopic (exact) mass is 997 g/mol. The minimum absolute atomic E-state index is 0.0280. The number of ether oxygens (including phenoxy) is 6. The number of carbonyl (C=O) groups is 1. The zero-order chi connectivity index (χ0) is 51.9. The van der Waals surface area contributed by atoms with E-state index in [0.717, 1.165) is 25.9 Å². The van der Waals surface area contributed by atoms with E-state index < -0.39 is 111 Å². The smallest absolute Gasteiger partial charge is 0.311 e. The lowest BCUT2D eigenvalue weighted by Gasteiger charge is -2.54. The SMILES string of the molecule is CC[C@H]1OC(=O)[C@H](C)[C@@H](O[C@H]2C[C@@](C)(OC)[C@@](O)(CN(C)CCN(CC)CC)[C@H](C)O2)[C@H](C)[C@@H](O[C@@H]2O[C@H](C)C[C@H](N(C)C)[C@H]2O)[C@@](C)(O)C[C@@H](C)/C(=N\OCCS(C)(=O)=O)[C@H](C)[C@@H](O)[C@]1(C)O. The molecular weight excluding hydrogens is 905 g/mol. The van der Waals surface area contributed by atoms with Crippen molar-refractivity contribution in [2.24, 2.45) is 28.8 Å². The Bertz CT molecular complexity index is 1720. The van der Waals surface area contributed by atoms with Gasteiger partial charge in [-0.2, -0.15) is 0 Å². The van der Waals surface area contributed by atoms with Crippen molar-refractivity contribution in [3.8, 4) is 0 Å². The van der Waals surface area contributed by atoms with E-state index in [4.69, 9.17) is 33.3 Å². The summed E-state index contributed by atoms with van der Waals surface area (Å²) in [7, 11) is 3.75. The summed E-state index contributed by atoms with van der Waals surface area (Å²) in [6.07, 6.45) is -8.34. The van der Waals surface area contributed by atoms with E-state index in [1.165, 1.54) is 14.0 Å². The van der Waals surface area contributed by atoms with E-state index >= 15 is 0 Å². The number of hydrogen-bond acceptors (Lipinski definition) is 19. The topological polar surface area (TPSA) is 239 Å². The third-order valence-corrected chi connectivity index (χ3v) is 16.2. The number of rotatable bonds is 18. The molecular formula is C48H92N4O15S. The lowest BCUT2D eigenvalue weighted by molar-refractivity contribution is -0.339. The maximum atomic E-state index is 14.6. The van der Waals surface area contributed by atoms with Gasteiger partial charge in [0.05, 0.1) is 53.5 Å². The summed E-state index contributed by atoms with van der Waals surface area (Å²) in [5.41, 5.74) is -6.43. The van der Waals surface area contributed by atoms with Crippen LogP contribution in [0.4, 0.5) is 0 Å². The minimum atomic E-state index is -3.42. The number of nitrogens with zero attached hydrogens (tertiary/aromatic N) is 4. The minimum Gasteiger partial charge on any atom is -0.459 e. The Morgan fingerprint density at radius 1 is 0.882 bits per heavy atom. The highest BCUT2D eigenvalue weighted by Gasteiger charge is 2.59. The van der Waals surface area contributed by atoms with E-state index in [-0.39, 0.29) is 56.0 Å². The predicted molar refractivity (Wildman–Crippen MR) is 259 cm³/mol. The van der Waals surface area contributed by atoms with Crippen molar-refractivity contribution in [2.45, 2.75) is 193 Å². The van der Waals surface area contributed by atoms with Crippen LogP contribution in [-0.2, 0) is 47.9 Å². The lowest BCUT2D eigenvalue weighted by atomic mass is 9.73. The standard InChI is InChI=1S/C48H92N4O15S/c1-18-36-47(12,57)41(54)31(6)38(49-62-23-24-68(17,59)60)29(4)26-45(10,56)42(67-44-39(53)35(50(13)14)25-30(5)63-44)32(7)40(33(8)43(55)65-36)66-37-27-46(11,61-16)48(58,34(9)64-37)28-51(15)21-22-52(19-2)20-3/h29-37,39-42,44,53-54,56-58H,18-28H2,1-17H3/b49-38+/t29-,30-,31+,32+,33-,34+,35+,36-,37+,39-,40+,41-,42-,44+,45+,46-,47-,48-/m1/s1. The highest BCUT2D eigenvalue weighted by Crippen LogP contribution is 2.44. The van der Waals surface area contributed by atoms with Crippen LogP contribution in [0.25, 0.3) is 0 Å². The van der Waals surface area contributed by atoms with Crippen LogP contribution >= 0.6 is 0 Å². The number of oxime groups is 1. The number of carbonyl (C=O) groups excluding carboxylic acids is 1. The highest BCUT2D eigenvalue weighted by atomic mass is 32.2. The van der Waals surface area contributed by atoms with Gasteiger partial charge in [0.15, 0.2) is 22.4 Å². The first-order valence-corrected chi connectivity index (χ1v) is 26.8. The van der Waals surface area contributed by atoms with Crippen LogP contribution in [0, 0.1) is 23.7 Å². The largest absolute Gasteiger partial charge is 0.459 e. The zero-order valence-corrected chi connectivity index (χ0v) is 45.2. The zero-order valence-electron chi connectivity index (χ0n) is 44.4. The molecule has 400 valence electrons. The van der Waals surface area contributed by atoms with Crippen molar-refractivity contribution in [3.63, 3.8) is 0 Å². The Labute approximate surface area is 408 Å². The van der Waals surface area contributed by atoms with Crippen molar-refractivity contribution in [1.29, 1.82) is 0 Å². The van der Waals surface area contributed by atoms with Gasteiger partial charge in [0.2, 0.25) is 0 Å². The van der Waals surface area contributed by atoms with Gasteiger partial charge >= 0.3 is 5.97 Å². The number of hydrogen-bond donors (Lipinski definition) is 5. The fraction of sp³-hybridized carbons (Fsp3) is 0.958. The molecule has 3 fully saturated rings. The average molecular weight is 997 g/mol. The third-order valence-electron chi connectivity index (χ3n) is 15.3. The molecule has 3 saturated heterocycles. The number of sulfone groups is 1. The second kappa shape index (κ2) is 24.9. The Morgan fingerprint density at radius 3 is 2.04 bits per heavy atom. The van der Waals surface area contributed by atoms with E-state index in [1.807, 2.05) is 39.9 Å². The first-order chi connectivity index (χ1) is 31.3. The average Bonchev–Trinajstić information content (AvgIpc) is 3.24. The number of aliphatic hydroxyl groups excluding tert-OH is 2. The fourth-order valence-corrected chi connectivity index (χ4v) is 11.0. The van der Waals surface area contributed by atoms with Crippen molar-refractivity contribution < 1.29 is 72.0 Å².